The molecule has 122 valence electrons. The number of aromatic nitrogens is 5. The second-order valence-corrected chi connectivity index (χ2v) is 7.53. The van der Waals surface area contributed by atoms with E-state index in [1.165, 1.54) is 11.7 Å². The van der Waals surface area contributed by atoms with Gasteiger partial charge in [0.1, 0.15) is 22.1 Å². The normalized spacial score (nSPS) is 13.0. The van der Waals surface area contributed by atoms with E-state index in [0.29, 0.717) is 0 Å². The van der Waals surface area contributed by atoms with Crippen LogP contribution in [-0.2, 0) is 10.8 Å². The van der Waals surface area contributed by atoms with Gasteiger partial charge in [-0.2, -0.15) is 8.75 Å². The summed E-state index contributed by atoms with van der Waals surface area (Å²) in [7, 11) is 0. The van der Waals surface area contributed by atoms with Gasteiger partial charge in [-0.15, -0.1) is 0 Å². The lowest BCUT2D eigenvalue weighted by molar-refractivity contribution is 0.299. The Morgan fingerprint density at radius 2 is 1.62 bits per heavy atom. The van der Waals surface area contributed by atoms with Crippen molar-refractivity contribution in [2.75, 3.05) is 0 Å². The number of nitrogens with zero attached hydrogens (tertiary/aromatic N) is 5. The van der Waals surface area contributed by atoms with Gasteiger partial charge in [-0.25, -0.2) is 4.63 Å². The Balaban J connectivity index is 1.95. The van der Waals surface area contributed by atoms with Gasteiger partial charge in [-0.3, -0.25) is 4.98 Å². The van der Waals surface area contributed by atoms with Gasteiger partial charge in [0.15, 0.2) is 0 Å². The molecule has 0 saturated carbocycles. The lowest BCUT2D eigenvalue weighted by atomic mass is 9.61. The molecule has 0 radical (unpaired) electrons. The van der Waals surface area contributed by atoms with Gasteiger partial charge < -0.3 is 0 Å². The van der Waals surface area contributed by atoms with E-state index in [0.717, 1.165) is 33.2 Å². The van der Waals surface area contributed by atoms with E-state index >= 15 is 0 Å². The largest absolute Gasteiger partial charge is 0.262 e. The summed E-state index contributed by atoms with van der Waals surface area (Å²) in [5, 5.41) is 8.09. The van der Waals surface area contributed by atoms with Gasteiger partial charge in [0.25, 0.3) is 0 Å². The van der Waals surface area contributed by atoms with Crippen LogP contribution in [0.4, 0.5) is 0 Å². The first-order valence-corrected chi connectivity index (χ1v) is 8.44. The molecule has 0 spiro atoms. The van der Waals surface area contributed by atoms with Gasteiger partial charge in [0.05, 0.1) is 17.9 Å². The maximum absolute atomic E-state index is 4.94. The molecule has 0 unspecified atom stereocenters. The molecular weight excluding hydrogens is 322 g/mol. The lowest BCUT2D eigenvalue weighted by Gasteiger charge is -2.42. The highest BCUT2D eigenvalue weighted by Gasteiger charge is 2.43. The summed E-state index contributed by atoms with van der Waals surface area (Å²) in [4.78, 5) is 4.37. The summed E-state index contributed by atoms with van der Waals surface area (Å²) in [5.74, 6) is 0. The van der Waals surface area contributed by atoms with Gasteiger partial charge >= 0.3 is 0 Å². The maximum Gasteiger partial charge on any atom is 0.138 e. The molecule has 4 aromatic rings. The van der Waals surface area contributed by atoms with Crippen molar-refractivity contribution in [2.45, 2.75) is 38.5 Å². The zero-order chi connectivity index (χ0) is 16.9. The SMILES string of the molecule is CC(C)(c1cccc2nonc12)C(C)(C)c1cncc2nsnc12. The number of pyridine rings is 1. The van der Waals surface area contributed by atoms with Crippen molar-refractivity contribution in [3.05, 3.63) is 41.7 Å². The van der Waals surface area contributed by atoms with Crippen LogP contribution in [0.5, 0.6) is 0 Å². The molecular formula is C17H17N5OS. The highest BCUT2D eigenvalue weighted by Crippen LogP contribution is 2.46. The molecule has 0 atom stereocenters. The Morgan fingerprint density at radius 1 is 0.833 bits per heavy atom. The molecule has 0 fully saturated rings. The van der Waals surface area contributed by atoms with Crippen LogP contribution in [-0.4, -0.2) is 24.0 Å². The summed E-state index contributed by atoms with van der Waals surface area (Å²) < 4.78 is 13.8. The van der Waals surface area contributed by atoms with E-state index in [9.17, 15) is 0 Å². The highest BCUT2D eigenvalue weighted by atomic mass is 32.1. The minimum atomic E-state index is -0.261. The van der Waals surface area contributed by atoms with E-state index in [1.54, 1.807) is 6.20 Å². The molecule has 0 saturated heterocycles. The summed E-state index contributed by atoms with van der Waals surface area (Å²) in [6.07, 6.45) is 3.65. The quantitative estimate of drug-likeness (QED) is 0.564. The fourth-order valence-electron chi connectivity index (χ4n) is 3.15. The topological polar surface area (TPSA) is 77.6 Å². The molecule has 24 heavy (non-hydrogen) atoms. The van der Waals surface area contributed by atoms with Crippen molar-refractivity contribution < 1.29 is 4.63 Å². The van der Waals surface area contributed by atoms with Crippen molar-refractivity contribution in [3.63, 3.8) is 0 Å². The third-order valence-electron chi connectivity index (χ3n) is 5.36. The molecule has 0 aliphatic rings. The van der Waals surface area contributed by atoms with E-state index in [1.807, 2.05) is 18.3 Å². The monoisotopic (exact) mass is 339 g/mol. The second-order valence-electron chi connectivity index (χ2n) is 7.01. The van der Waals surface area contributed by atoms with Crippen molar-refractivity contribution in [1.82, 2.24) is 24.0 Å². The molecule has 0 amide bonds. The van der Waals surface area contributed by atoms with E-state index in [2.05, 4.69) is 57.8 Å². The number of rotatable bonds is 3. The van der Waals surface area contributed by atoms with Crippen LogP contribution >= 0.6 is 11.7 Å². The molecule has 0 aliphatic carbocycles. The Kier molecular flexibility index (Phi) is 3.18. The van der Waals surface area contributed by atoms with Gasteiger partial charge in [0, 0.05) is 22.6 Å². The minimum absolute atomic E-state index is 0.259. The first-order chi connectivity index (χ1) is 11.4. The molecule has 3 aromatic heterocycles. The fraction of sp³-hybridized carbons (Fsp3) is 0.353. The van der Waals surface area contributed by atoms with E-state index in [4.69, 9.17) is 4.63 Å². The van der Waals surface area contributed by atoms with Gasteiger partial charge in [-0.1, -0.05) is 39.8 Å². The fourth-order valence-corrected chi connectivity index (χ4v) is 3.69. The Labute approximate surface area is 143 Å². The summed E-state index contributed by atoms with van der Waals surface area (Å²) in [6, 6.07) is 5.98. The number of hydrogen-bond donors (Lipinski definition) is 0. The minimum Gasteiger partial charge on any atom is -0.262 e. The van der Waals surface area contributed by atoms with Crippen LogP contribution in [0.15, 0.2) is 35.2 Å². The highest BCUT2D eigenvalue weighted by molar-refractivity contribution is 7.00. The standard InChI is InChI=1S/C17H17N5OS/c1-16(2,10-6-5-7-12-14(10)20-23-19-12)17(3,4)11-8-18-9-13-15(11)22-24-21-13/h5-9H,1-4H3. The van der Waals surface area contributed by atoms with Crippen molar-refractivity contribution in [1.29, 1.82) is 0 Å². The maximum atomic E-state index is 4.94. The van der Waals surface area contributed by atoms with Gasteiger partial charge in [0.2, 0.25) is 0 Å². The van der Waals surface area contributed by atoms with Crippen LogP contribution in [0.1, 0.15) is 38.8 Å². The smallest absolute Gasteiger partial charge is 0.138 e. The summed E-state index contributed by atoms with van der Waals surface area (Å²) >= 11 is 1.22. The zero-order valence-electron chi connectivity index (χ0n) is 13.9. The zero-order valence-corrected chi connectivity index (χ0v) is 14.8. The van der Waals surface area contributed by atoms with Crippen LogP contribution in [0.3, 0.4) is 0 Å². The average molecular weight is 339 g/mol. The third-order valence-corrected chi connectivity index (χ3v) is 5.91. The van der Waals surface area contributed by atoms with E-state index in [-0.39, 0.29) is 10.8 Å². The number of hydrogen-bond acceptors (Lipinski definition) is 7. The van der Waals surface area contributed by atoms with Crippen LogP contribution < -0.4 is 0 Å². The number of fused-ring (bicyclic) bond motifs is 2. The Bertz CT molecular complexity index is 950. The lowest BCUT2D eigenvalue weighted by Crippen LogP contribution is -2.40. The van der Waals surface area contributed by atoms with Crippen LogP contribution in [0.2, 0.25) is 0 Å². The molecule has 1 aromatic carbocycles. The predicted octanol–water partition coefficient (Wildman–Crippen LogP) is 3.88. The van der Waals surface area contributed by atoms with Crippen molar-refractivity contribution in [3.8, 4) is 0 Å². The molecule has 4 rings (SSSR count). The molecule has 7 heteroatoms. The Morgan fingerprint density at radius 3 is 2.46 bits per heavy atom. The Hall–Kier alpha value is -2.41. The number of benzene rings is 1. The molecule has 0 aliphatic heterocycles. The summed E-state index contributed by atoms with van der Waals surface area (Å²) in [5.41, 5.74) is 4.96. The van der Waals surface area contributed by atoms with Gasteiger partial charge in [-0.05, 0) is 21.9 Å². The third kappa shape index (κ3) is 1.97. The molecule has 3 heterocycles. The van der Waals surface area contributed by atoms with Crippen LogP contribution in [0, 0.1) is 0 Å². The molecule has 0 bridgehead atoms. The molecule has 6 nitrogen and oxygen atoms in total. The summed E-state index contributed by atoms with van der Waals surface area (Å²) in [6.45, 7) is 8.81. The van der Waals surface area contributed by atoms with Crippen molar-refractivity contribution >= 4 is 33.8 Å². The predicted molar refractivity (Wildman–Crippen MR) is 93.1 cm³/mol. The first kappa shape index (κ1) is 15.1. The van der Waals surface area contributed by atoms with Crippen molar-refractivity contribution in [2.24, 2.45) is 0 Å². The average Bonchev–Trinajstić information content (AvgIpc) is 3.22. The molecule has 0 N–H and O–H groups in total. The van der Waals surface area contributed by atoms with Crippen LogP contribution in [0.25, 0.3) is 22.1 Å². The van der Waals surface area contributed by atoms with E-state index < -0.39 is 0 Å². The first-order valence-electron chi connectivity index (χ1n) is 7.71. The second kappa shape index (κ2) is 5.04.